The second kappa shape index (κ2) is 9.68. The zero-order valence-corrected chi connectivity index (χ0v) is 20.4. The van der Waals surface area contributed by atoms with Crippen molar-refractivity contribution in [1.29, 1.82) is 0 Å². The average molecular weight is 487 g/mol. The summed E-state index contributed by atoms with van der Waals surface area (Å²) in [7, 11) is -1.86. The number of benzene rings is 1. The van der Waals surface area contributed by atoms with Crippen molar-refractivity contribution in [2.24, 2.45) is 7.05 Å². The number of nitrogens with zero attached hydrogens (tertiary/aromatic N) is 3. The smallest absolute Gasteiger partial charge is 0.262 e. The number of ether oxygens (including phenoxy) is 1. The molecule has 0 aliphatic carbocycles. The third kappa shape index (κ3) is 4.93. The van der Waals surface area contributed by atoms with Crippen LogP contribution in [0.2, 0.25) is 0 Å². The van der Waals surface area contributed by atoms with E-state index in [4.69, 9.17) is 4.74 Å². The molecule has 2 aliphatic rings. The molecule has 7 nitrogen and oxygen atoms in total. The maximum absolute atomic E-state index is 13.2. The molecule has 2 aliphatic heterocycles. The summed E-state index contributed by atoms with van der Waals surface area (Å²) in [6.45, 7) is 2.41. The SMILES string of the molecule is Cn1cnc(S(=O)(=O)N2CC(NCc3ccc(C4CCCCO4)s3)C(c3ccccc3)C2)c1. The van der Waals surface area contributed by atoms with Crippen molar-refractivity contribution in [3.8, 4) is 0 Å². The minimum Gasteiger partial charge on any atom is -0.373 e. The molecule has 4 heterocycles. The van der Waals surface area contributed by atoms with Crippen LogP contribution in [0.15, 0.2) is 60.0 Å². The van der Waals surface area contributed by atoms with Crippen LogP contribution in [0.25, 0.3) is 0 Å². The Morgan fingerprint density at radius 1 is 1.15 bits per heavy atom. The van der Waals surface area contributed by atoms with Gasteiger partial charge in [-0.05, 0) is 37.0 Å². The molecule has 2 fully saturated rings. The summed E-state index contributed by atoms with van der Waals surface area (Å²) >= 11 is 1.79. The standard InChI is InChI=1S/C24H30N4O3S2/c1-27-16-24(26-17-27)33(29,30)28-14-20(18-7-3-2-4-8-18)21(15-28)25-13-19-10-11-23(32-19)22-9-5-6-12-31-22/h2-4,7-8,10-11,16-17,20-22,25H,5-6,9,12-15H2,1H3. The van der Waals surface area contributed by atoms with E-state index in [2.05, 4.69) is 34.6 Å². The average Bonchev–Trinajstić information content (AvgIpc) is 3.59. The normalized spacial score (nSPS) is 24.3. The highest BCUT2D eigenvalue weighted by atomic mass is 32.2. The fourth-order valence-electron chi connectivity index (χ4n) is 4.72. The second-order valence-electron chi connectivity index (χ2n) is 8.86. The zero-order valence-electron chi connectivity index (χ0n) is 18.8. The maximum atomic E-state index is 13.2. The van der Waals surface area contributed by atoms with Gasteiger partial charge in [-0.3, -0.25) is 0 Å². The van der Waals surface area contributed by atoms with E-state index in [9.17, 15) is 8.42 Å². The largest absolute Gasteiger partial charge is 0.373 e. The number of hydrogen-bond donors (Lipinski definition) is 1. The first-order valence-electron chi connectivity index (χ1n) is 11.5. The first kappa shape index (κ1) is 22.7. The molecule has 0 spiro atoms. The number of aryl methyl sites for hydroxylation is 1. The Morgan fingerprint density at radius 2 is 2.00 bits per heavy atom. The molecule has 3 aromatic rings. The maximum Gasteiger partial charge on any atom is 0.262 e. The molecule has 9 heteroatoms. The van der Waals surface area contributed by atoms with Gasteiger partial charge in [-0.2, -0.15) is 4.31 Å². The van der Waals surface area contributed by atoms with Gasteiger partial charge >= 0.3 is 0 Å². The van der Waals surface area contributed by atoms with Crippen molar-refractivity contribution < 1.29 is 13.2 Å². The zero-order chi connectivity index (χ0) is 22.8. The highest BCUT2D eigenvalue weighted by Gasteiger charge is 2.40. The van der Waals surface area contributed by atoms with Gasteiger partial charge in [0.1, 0.15) is 0 Å². The Hall–Kier alpha value is -2.04. The van der Waals surface area contributed by atoms with Gasteiger partial charge < -0.3 is 14.6 Å². The van der Waals surface area contributed by atoms with E-state index in [0.29, 0.717) is 19.6 Å². The van der Waals surface area contributed by atoms with Gasteiger partial charge in [0.05, 0.1) is 12.4 Å². The van der Waals surface area contributed by atoms with E-state index >= 15 is 0 Å². The van der Waals surface area contributed by atoms with Gasteiger partial charge in [0, 0.05) is 61.2 Å². The Kier molecular flexibility index (Phi) is 6.67. The second-order valence-corrected chi connectivity index (χ2v) is 11.9. The molecule has 0 bridgehead atoms. The minimum atomic E-state index is -3.64. The molecule has 1 N–H and O–H groups in total. The predicted molar refractivity (Wildman–Crippen MR) is 129 cm³/mol. The molecule has 2 saturated heterocycles. The van der Waals surface area contributed by atoms with Crippen LogP contribution in [0.1, 0.15) is 46.6 Å². The molecule has 1 aromatic carbocycles. The lowest BCUT2D eigenvalue weighted by atomic mass is 9.94. The van der Waals surface area contributed by atoms with E-state index < -0.39 is 10.0 Å². The lowest BCUT2D eigenvalue weighted by Crippen LogP contribution is -2.36. The quantitative estimate of drug-likeness (QED) is 0.552. The Morgan fingerprint density at radius 3 is 2.73 bits per heavy atom. The van der Waals surface area contributed by atoms with Crippen molar-refractivity contribution >= 4 is 21.4 Å². The minimum absolute atomic E-state index is 0.0161. The van der Waals surface area contributed by atoms with Crippen LogP contribution in [0.5, 0.6) is 0 Å². The molecular weight excluding hydrogens is 456 g/mol. The summed E-state index contributed by atoms with van der Waals surface area (Å²) in [5.41, 5.74) is 1.15. The summed E-state index contributed by atoms with van der Waals surface area (Å²) < 4.78 is 35.6. The number of nitrogens with one attached hydrogen (secondary N) is 1. The highest BCUT2D eigenvalue weighted by molar-refractivity contribution is 7.89. The van der Waals surface area contributed by atoms with Crippen LogP contribution < -0.4 is 5.32 Å². The van der Waals surface area contributed by atoms with Gasteiger partial charge in [-0.25, -0.2) is 13.4 Å². The number of rotatable bonds is 7. The Labute approximate surface area is 199 Å². The molecule has 5 rings (SSSR count). The number of sulfonamides is 1. The predicted octanol–water partition coefficient (Wildman–Crippen LogP) is 3.67. The molecule has 2 aromatic heterocycles. The van der Waals surface area contributed by atoms with E-state index in [1.54, 1.807) is 33.5 Å². The van der Waals surface area contributed by atoms with Crippen LogP contribution in [-0.4, -0.2) is 48.0 Å². The van der Waals surface area contributed by atoms with Gasteiger partial charge in [0.25, 0.3) is 10.0 Å². The number of hydrogen-bond acceptors (Lipinski definition) is 6. The van der Waals surface area contributed by atoms with Gasteiger partial charge in [0.2, 0.25) is 0 Å². The van der Waals surface area contributed by atoms with Crippen molar-refractivity contribution in [3.05, 3.63) is 70.3 Å². The van der Waals surface area contributed by atoms with Crippen molar-refractivity contribution in [2.45, 2.75) is 48.9 Å². The molecule has 0 radical (unpaired) electrons. The number of aromatic nitrogens is 2. The van der Waals surface area contributed by atoms with Crippen LogP contribution in [0, 0.1) is 0 Å². The summed E-state index contributed by atoms with van der Waals surface area (Å²) in [6, 6.07) is 14.5. The summed E-state index contributed by atoms with van der Waals surface area (Å²) in [4.78, 5) is 6.63. The molecule has 0 saturated carbocycles. The lowest BCUT2D eigenvalue weighted by Gasteiger charge is -2.21. The van der Waals surface area contributed by atoms with Crippen molar-refractivity contribution in [3.63, 3.8) is 0 Å². The van der Waals surface area contributed by atoms with Crippen LogP contribution in [-0.2, 0) is 28.4 Å². The molecule has 33 heavy (non-hydrogen) atoms. The van der Waals surface area contributed by atoms with Gasteiger partial charge in [-0.15, -0.1) is 11.3 Å². The van der Waals surface area contributed by atoms with E-state index in [-0.39, 0.29) is 23.1 Å². The third-order valence-electron chi connectivity index (χ3n) is 6.52. The van der Waals surface area contributed by atoms with Crippen LogP contribution in [0.3, 0.4) is 0 Å². The van der Waals surface area contributed by atoms with Crippen LogP contribution in [0.4, 0.5) is 0 Å². The Balaban J connectivity index is 1.32. The van der Waals surface area contributed by atoms with Crippen molar-refractivity contribution in [1.82, 2.24) is 19.2 Å². The van der Waals surface area contributed by atoms with Gasteiger partial charge in [-0.1, -0.05) is 30.3 Å². The monoisotopic (exact) mass is 486 g/mol. The molecule has 3 unspecified atom stereocenters. The molecular formula is C24H30N4O3S2. The first-order chi connectivity index (χ1) is 16.0. The third-order valence-corrected chi connectivity index (χ3v) is 9.41. The van der Waals surface area contributed by atoms with E-state index in [1.807, 2.05) is 18.2 Å². The number of thiophene rings is 1. The topological polar surface area (TPSA) is 76.5 Å². The first-order valence-corrected chi connectivity index (χ1v) is 13.7. The van der Waals surface area contributed by atoms with E-state index in [0.717, 1.165) is 25.0 Å². The Bertz CT molecular complexity index is 1170. The van der Waals surface area contributed by atoms with Gasteiger partial charge in [0.15, 0.2) is 5.03 Å². The lowest BCUT2D eigenvalue weighted by molar-refractivity contribution is 0.0172. The summed E-state index contributed by atoms with van der Waals surface area (Å²) in [5.74, 6) is 0.0748. The highest BCUT2D eigenvalue weighted by Crippen LogP contribution is 2.34. The fraction of sp³-hybridized carbons (Fsp3) is 0.458. The summed E-state index contributed by atoms with van der Waals surface area (Å²) in [6.07, 6.45) is 6.77. The summed E-state index contributed by atoms with van der Waals surface area (Å²) in [5, 5.41) is 3.76. The van der Waals surface area contributed by atoms with Crippen LogP contribution >= 0.6 is 11.3 Å². The fourth-order valence-corrected chi connectivity index (χ4v) is 7.23. The number of imidazole rings is 1. The molecule has 3 atom stereocenters. The van der Waals surface area contributed by atoms with E-state index in [1.165, 1.54) is 22.5 Å². The van der Waals surface area contributed by atoms with Crippen molar-refractivity contribution in [2.75, 3.05) is 19.7 Å². The molecule has 0 amide bonds. The molecule has 176 valence electrons.